The Balaban J connectivity index is 2.05. The number of carbonyl (C=O) groups is 2. The first kappa shape index (κ1) is 18.0. The lowest BCUT2D eigenvalue weighted by Crippen LogP contribution is -2.18. The van der Waals surface area contributed by atoms with Crippen molar-refractivity contribution in [2.45, 2.75) is 19.4 Å². The van der Waals surface area contributed by atoms with Crippen LogP contribution in [0, 0.1) is 0 Å². The van der Waals surface area contributed by atoms with Crippen molar-refractivity contribution in [3.05, 3.63) is 94.3 Å². The molecule has 0 spiro atoms. The van der Waals surface area contributed by atoms with Gasteiger partial charge in [0.2, 0.25) is 5.78 Å². The Morgan fingerprint density at radius 1 is 1.00 bits per heavy atom. The van der Waals surface area contributed by atoms with Gasteiger partial charge in [0.1, 0.15) is 0 Å². The van der Waals surface area contributed by atoms with Crippen molar-refractivity contribution in [1.82, 2.24) is 4.57 Å². The number of carboxylic acid groups (broad SMARTS) is 1. The van der Waals surface area contributed by atoms with E-state index in [1.54, 1.807) is 47.9 Å². The van der Waals surface area contributed by atoms with Crippen LogP contribution in [0.5, 0.6) is 0 Å². The van der Waals surface area contributed by atoms with Gasteiger partial charge in [-0.2, -0.15) is 0 Å². The summed E-state index contributed by atoms with van der Waals surface area (Å²) in [6.07, 6.45) is 0. The summed E-state index contributed by atoms with van der Waals surface area (Å²) in [5.41, 5.74) is 2.56. The summed E-state index contributed by atoms with van der Waals surface area (Å²) in [7, 11) is 0. The van der Waals surface area contributed by atoms with Crippen LogP contribution in [0.4, 0.5) is 0 Å². The largest absolute Gasteiger partial charge is 0.481 e. The van der Waals surface area contributed by atoms with E-state index in [4.69, 9.17) is 11.6 Å². The van der Waals surface area contributed by atoms with Crippen molar-refractivity contribution in [3.63, 3.8) is 0 Å². The average Bonchev–Trinajstić information content (AvgIpc) is 3.05. The first-order valence-corrected chi connectivity index (χ1v) is 8.61. The molecule has 1 atom stereocenters. The molecule has 0 fully saturated rings. The Morgan fingerprint density at radius 2 is 1.65 bits per heavy atom. The van der Waals surface area contributed by atoms with Crippen molar-refractivity contribution >= 4 is 23.4 Å². The van der Waals surface area contributed by atoms with Crippen molar-refractivity contribution in [2.75, 3.05) is 0 Å². The van der Waals surface area contributed by atoms with Crippen LogP contribution in [0.1, 0.15) is 40.2 Å². The van der Waals surface area contributed by atoms with E-state index in [1.807, 2.05) is 30.3 Å². The van der Waals surface area contributed by atoms with Gasteiger partial charge in [-0.05, 0) is 48.9 Å². The molecule has 132 valence electrons. The van der Waals surface area contributed by atoms with Crippen molar-refractivity contribution in [3.8, 4) is 0 Å². The summed E-state index contributed by atoms with van der Waals surface area (Å²) < 4.78 is 1.78. The number of carboxylic acids is 1. The molecule has 1 heterocycles. The number of hydrogen-bond donors (Lipinski definition) is 1. The lowest BCUT2D eigenvalue weighted by molar-refractivity contribution is -0.138. The molecule has 5 heteroatoms. The molecule has 0 aliphatic rings. The number of halogens is 1. The molecule has 0 amide bonds. The molecule has 0 saturated heterocycles. The fourth-order valence-electron chi connectivity index (χ4n) is 2.88. The SMILES string of the molecule is CC(C(=O)O)c1ccc(C(=O)c2ccc(Cl)cc2)n1Cc1ccccc1. The number of rotatable bonds is 6. The molecule has 0 saturated carbocycles. The van der Waals surface area contributed by atoms with Gasteiger partial charge in [-0.15, -0.1) is 0 Å². The minimum Gasteiger partial charge on any atom is -0.481 e. The molecule has 0 bridgehead atoms. The zero-order valence-corrected chi connectivity index (χ0v) is 15.0. The summed E-state index contributed by atoms with van der Waals surface area (Å²) in [5, 5.41) is 9.97. The normalized spacial score (nSPS) is 11.9. The summed E-state index contributed by atoms with van der Waals surface area (Å²) in [6, 6.07) is 19.7. The monoisotopic (exact) mass is 367 g/mol. The van der Waals surface area contributed by atoms with E-state index in [-0.39, 0.29) is 5.78 Å². The predicted molar refractivity (Wildman–Crippen MR) is 101 cm³/mol. The van der Waals surface area contributed by atoms with E-state index in [1.165, 1.54) is 0 Å². The Kier molecular flexibility index (Phi) is 5.24. The Bertz CT molecular complexity index is 930. The summed E-state index contributed by atoms with van der Waals surface area (Å²) in [5.74, 6) is -1.81. The van der Waals surface area contributed by atoms with Crippen LogP contribution in [-0.2, 0) is 11.3 Å². The Hall–Kier alpha value is -2.85. The summed E-state index contributed by atoms with van der Waals surface area (Å²) in [6.45, 7) is 2.05. The van der Waals surface area contributed by atoms with Crippen LogP contribution in [0.15, 0.2) is 66.7 Å². The lowest BCUT2D eigenvalue weighted by Gasteiger charge is -2.16. The van der Waals surface area contributed by atoms with Crippen molar-refractivity contribution in [2.24, 2.45) is 0 Å². The number of carbonyl (C=O) groups excluding carboxylic acids is 1. The highest BCUT2D eigenvalue weighted by Gasteiger charge is 2.23. The maximum atomic E-state index is 13.0. The molecular formula is C21H18ClNO3. The molecule has 26 heavy (non-hydrogen) atoms. The van der Waals surface area contributed by atoms with Crippen LogP contribution >= 0.6 is 11.6 Å². The second-order valence-corrected chi connectivity index (χ2v) is 6.55. The van der Waals surface area contributed by atoms with Crippen LogP contribution in [0.3, 0.4) is 0 Å². The fourth-order valence-corrected chi connectivity index (χ4v) is 3.00. The highest BCUT2D eigenvalue weighted by Crippen LogP contribution is 2.23. The standard InChI is InChI=1S/C21H18ClNO3/c1-14(21(25)26)18-11-12-19(20(24)16-7-9-17(22)10-8-16)23(18)13-15-5-3-2-4-6-15/h2-12,14H,13H2,1H3,(H,25,26). The summed E-state index contributed by atoms with van der Waals surface area (Å²) in [4.78, 5) is 24.4. The minimum atomic E-state index is -0.928. The zero-order valence-electron chi connectivity index (χ0n) is 14.2. The highest BCUT2D eigenvalue weighted by atomic mass is 35.5. The maximum Gasteiger partial charge on any atom is 0.312 e. The molecule has 1 aromatic heterocycles. The van der Waals surface area contributed by atoms with Crippen molar-refractivity contribution in [1.29, 1.82) is 0 Å². The molecule has 0 radical (unpaired) electrons. The molecule has 1 N–H and O–H groups in total. The zero-order chi connectivity index (χ0) is 18.7. The van der Waals surface area contributed by atoms with Gasteiger partial charge in [-0.1, -0.05) is 41.9 Å². The number of aliphatic carboxylic acids is 1. The van der Waals surface area contributed by atoms with Crippen LogP contribution < -0.4 is 0 Å². The van der Waals surface area contributed by atoms with Gasteiger partial charge in [0, 0.05) is 22.8 Å². The molecule has 1 unspecified atom stereocenters. The van der Waals surface area contributed by atoms with Gasteiger partial charge in [0.25, 0.3) is 0 Å². The second-order valence-electron chi connectivity index (χ2n) is 6.11. The topological polar surface area (TPSA) is 59.3 Å². The third kappa shape index (κ3) is 3.70. The quantitative estimate of drug-likeness (QED) is 0.647. The van der Waals surface area contributed by atoms with Gasteiger partial charge < -0.3 is 9.67 Å². The molecule has 0 aliphatic heterocycles. The van der Waals surface area contributed by atoms with E-state index < -0.39 is 11.9 Å². The molecule has 3 rings (SSSR count). The van der Waals surface area contributed by atoms with Crippen molar-refractivity contribution < 1.29 is 14.7 Å². The lowest BCUT2D eigenvalue weighted by atomic mass is 10.1. The highest BCUT2D eigenvalue weighted by molar-refractivity contribution is 6.30. The van der Waals surface area contributed by atoms with Crippen LogP contribution in [0.25, 0.3) is 0 Å². The van der Waals surface area contributed by atoms with Gasteiger partial charge in [-0.3, -0.25) is 9.59 Å². The summed E-state index contributed by atoms with van der Waals surface area (Å²) >= 11 is 5.90. The van der Waals surface area contributed by atoms with Crippen LogP contribution in [-0.4, -0.2) is 21.4 Å². The first-order chi connectivity index (χ1) is 12.5. The number of ketones is 1. The van der Waals surface area contributed by atoms with E-state index in [9.17, 15) is 14.7 Å². The van der Waals surface area contributed by atoms with Gasteiger partial charge in [-0.25, -0.2) is 0 Å². The van der Waals surface area contributed by atoms with E-state index >= 15 is 0 Å². The van der Waals surface area contributed by atoms with Crippen LogP contribution in [0.2, 0.25) is 5.02 Å². The van der Waals surface area contributed by atoms with E-state index in [0.29, 0.717) is 28.5 Å². The molecular weight excluding hydrogens is 350 g/mol. The average molecular weight is 368 g/mol. The number of benzene rings is 2. The number of hydrogen-bond acceptors (Lipinski definition) is 2. The molecule has 0 aliphatic carbocycles. The van der Waals surface area contributed by atoms with E-state index in [0.717, 1.165) is 5.56 Å². The fraction of sp³-hybridized carbons (Fsp3) is 0.143. The third-order valence-electron chi connectivity index (χ3n) is 4.35. The molecule has 2 aromatic carbocycles. The van der Waals surface area contributed by atoms with Gasteiger partial charge in [0.15, 0.2) is 0 Å². The third-order valence-corrected chi connectivity index (χ3v) is 4.60. The second kappa shape index (κ2) is 7.58. The van der Waals surface area contributed by atoms with E-state index in [2.05, 4.69) is 0 Å². The first-order valence-electron chi connectivity index (χ1n) is 8.24. The minimum absolute atomic E-state index is 0.165. The maximum absolute atomic E-state index is 13.0. The smallest absolute Gasteiger partial charge is 0.312 e. The van der Waals surface area contributed by atoms with Gasteiger partial charge in [0.05, 0.1) is 11.6 Å². The Labute approximate surface area is 156 Å². The molecule has 3 aromatic rings. The van der Waals surface area contributed by atoms with Gasteiger partial charge >= 0.3 is 5.97 Å². The number of nitrogens with zero attached hydrogens (tertiary/aromatic N) is 1. The predicted octanol–water partition coefficient (Wildman–Crippen LogP) is 4.61. The molecule has 4 nitrogen and oxygen atoms in total. The number of aromatic nitrogens is 1. The Morgan fingerprint density at radius 3 is 2.27 bits per heavy atom.